The van der Waals surface area contributed by atoms with Crippen LogP contribution in [0.15, 0.2) is 82.1 Å². The fourth-order valence-corrected chi connectivity index (χ4v) is 15.0. The first-order valence-corrected chi connectivity index (χ1v) is 24.9. The summed E-state index contributed by atoms with van der Waals surface area (Å²) in [5.74, 6) is 11.0. The van der Waals surface area contributed by atoms with Crippen molar-refractivity contribution in [1.82, 2.24) is 5.32 Å². The second kappa shape index (κ2) is 17.3. The van der Waals surface area contributed by atoms with Crippen molar-refractivity contribution >= 4 is 16.7 Å². The lowest BCUT2D eigenvalue weighted by molar-refractivity contribution is -0.0701. The highest BCUT2D eigenvalue weighted by Crippen LogP contribution is 2.69. The van der Waals surface area contributed by atoms with E-state index >= 15 is 0 Å². The molecule has 0 unspecified atom stereocenters. The lowest BCUT2D eigenvalue weighted by atomic mass is 9.46. The van der Waals surface area contributed by atoms with Gasteiger partial charge in [0.25, 0.3) is 0 Å². The van der Waals surface area contributed by atoms with Crippen molar-refractivity contribution in [2.75, 3.05) is 13.2 Å². The molecule has 5 saturated carbocycles. The molecule has 6 fully saturated rings. The molecule has 3 aromatic rings. The van der Waals surface area contributed by atoms with Crippen LogP contribution < -0.4 is 11.1 Å². The van der Waals surface area contributed by atoms with Crippen molar-refractivity contribution in [3.63, 3.8) is 0 Å². The Morgan fingerprint density at radius 2 is 1.83 bits per heavy atom. The fraction of sp³-hybridized carbons (Fsp3) is 0.655. The molecule has 7 aliphatic rings. The summed E-state index contributed by atoms with van der Waals surface area (Å²) in [6.07, 6.45) is 23.8. The highest BCUT2D eigenvalue weighted by atomic mass is 16.6. The van der Waals surface area contributed by atoms with Gasteiger partial charge in [0.05, 0.1) is 49.1 Å². The Labute approximate surface area is 375 Å². The summed E-state index contributed by atoms with van der Waals surface area (Å²) in [7, 11) is 0. The van der Waals surface area contributed by atoms with E-state index < -0.39 is 5.60 Å². The zero-order chi connectivity index (χ0) is 43.4. The van der Waals surface area contributed by atoms with Crippen LogP contribution in [-0.2, 0) is 11.2 Å². The molecule has 8 heteroatoms. The number of hydrogen-bond donors (Lipinski definition) is 5. The van der Waals surface area contributed by atoms with Gasteiger partial charge in [-0.2, -0.15) is 0 Å². The van der Waals surface area contributed by atoms with Gasteiger partial charge in [-0.15, -0.1) is 5.92 Å². The van der Waals surface area contributed by atoms with Crippen molar-refractivity contribution in [2.24, 2.45) is 57.1 Å². The van der Waals surface area contributed by atoms with E-state index in [1.807, 2.05) is 12.5 Å². The third-order valence-electron chi connectivity index (χ3n) is 18.4. The van der Waals surface area contributed by atoms with E-state index in [2.05, 4.69) is 85.6 Å². The molecule has 1 saturated heterocycles. The molecule has 63 heavy (non-hydrogen) atoms. The van der Waals surface area contributed by atoms with Crippen LogP contribution in [0, 0.1) is 58.2 Å². The van der Waals surface area contributed by atoms with Gasteiger partial charge < -0.3 is 35.5 Å². The standard InChI is InChI=1S/C55H73N3O5/c1-52(32-45-40(21-26-59)30-54(50-53(2,63-50)23-20-48(45)52)24-18-37(29-54)19-25-55(61)22-8-13-43(60)31-55)42-17-16-39(28-42)49-15-7-11-38(27-36-9-4-3-5-10-36)46(33-57-51(56)58-49)44-14-6-12-41-34-62-35-47(41)44/h3-6,9-10,12,14,21,34-35,37-39,42-43,45-46,48-50,59-61H,8,13,15-20,22-33H2,1-2H3,(H3,56,57,58)/b40-21-/t37-,38+,39-,42+,43-,45+,46-,48+,49-,50+,52+,53+,54-,55-/m0/s1. The van der Waals surface area contributed by atoms with Gasteiger partial charge in [0.15, 0.2) is 5.96 Å². The molecule has 0 radical (unpaired) electrons. The minimum Gasteiger partial charge on any atom is -0.471 e. The summed E-state index contributed by atoms with van der Waals surface area (Å²) in [5, 5.41) is 38.1. The summed E-state index contributed by atoms with van der Waals surface area (Å²) in [6.45, 7) is 5.64. The van der Waals surface area contributed by atoms with E-state index in [0.717, 1.165) is 75.0 Å². The normalized spacial score (nSPS) is 42.1. The topological polar surface area (TPSA) is 137 Å². The number of aliphatic imine (C=N–C) groups is 1. The van der Waals surface area contributed by atoms with Gasteiger partial charge in [0, 0.05) is 46.9 Å². The van der Waals surface area contributed by atoms with Crippen molar-refractivity contribution in [3.05, 3.63) is 83.8 Å². The van der Waals surface area contributed by atoms with E-state index in [1.165, 1.54) is 61.6 Å². The van der Waals surface area contributed by atoms with Gasteiger partial charge in [0.1, 0.15) is 0 Å². The average molecular weight is 856 g/mol. The maximum absolute atomic E-state index is 11.4. The van der Waals surface area contributed by atoms with Crippen LogP contribution in [0.5, 0.6) is 0 Å². The predicted octanol–water partition coefficient (Wildman–Crippen LogP) is 9.61. The largest absolute Gasteiger partial charge is 0.471 e. The van der Waals surface area contributed by atoms with Gasteiger partial charge in [0.2, 0.25) is 0 Å². The number of aliphatic hydroxyl groups is 3. The van der Waals surface area contributed by atoms with Crippen LogP contribution in [0.1, 0.15) is 140 Å². The van der Waals surface area contributed by atoms with Crippen LogP contribution in [0.25, 0.3) is 10.8 Å². The van der Waals surface area contributed by atoms with Crippen molar-refractivity contribution in [1.29, 1.82) is 0 Å². The Bertz CT molecular complexity index is 2230. The van der Waals surface area contributed by atoms with Crippen LogP contribution in [-0.4, -0.2) is 63.9 Å². The summed E-state index contributed by atoms with van der Waals surface area (Å²) >= 11 is 0. The Hall–Kier alpha value is -3.61. The van der Waals surface area contributed by atoms with E-state index in [-0.39, 0.29) is 53.1 Å². The molecular formula is C55H73N3O5. The lowest BCUT2D eigenvalue weighted by Gasteiger charge is -2.59. The Kier molecular flexibility index (Phi) is 11.9. The van der Waals surface area contributed by atoms with Gasteiger partial charge in [-0.25, -0.2) is 0 Å². The van der Waals surface area contributed by atoms with Gasteiger partial charge in [-0.05, 0) is 156 Å². The maximum atomic E-state index is 11.4. The number of fused-ring (bicyclic) bond motifs is 4. The molecular weight excluding hydrogens is 783 g/mol. The zero-order valence-corrected chi connectivity index (χ0v) is 37.9. The van der Waals surface area contributed by atoms with E-state index in [0.29, 0.717) is 48.5 Å². The third kappa shape index (κ3) is 8.55. The predicted molar refractivity (Wildman–Crippen MR) is 250 cm³/mol. The number of benzene rings is 2. The smallest absolute Gasteiger partial charge is 0.188 e. The Morgan fingerprint density at radius 3 is 2.67 bits per heavy atom. The van der Waals surface area contributed by atoms with Crippen molar-refractivity contribution < 1.29 is 24.5 Å². The second-order valence-electron chi connectivity index (χ2n) is 22.3. The molecule has 1 spiro atoms. The Morgan fingerprint density at radius 1 is 0.952 bits per heavy atom. The summed E-state index contributed by atoms with van der Waals surface area (Å²) in [6, 6.07) is 17.3. The molecule has 0 bridgehead atoms. The second-order valence-corrected chi connectivity index (χ2v) is 22.3. The van der Waals surface area contributed by atoms with E-state index in [1.54, 1.807) is 0 Å². The number of rotatable bonds is 9. The van der Waals surface area contributed by atoms with Gasteiger partial charge in [-0.3, -0.25) is 4.99 Å². The number of ether oxygens (including phenoxy) is 1. The monoisotopic (exact) mass is 856 g/mol. The number of allylic oxidation sites excluding steroid dienone is 1. The molecule has 6 N–H and O–H groups in total. The quantitative estimate of drug-likeness (QED) is 0.0822. The number of furan rings is 1. The third-order valence-corrected chi connectivity index (χ3v) is 18.4. The number of nitrogens with two attached hydrogens (primary N) is 1. The highest BCUT2D eigenvalue weighted by molar-refractivity contribution is 5.85. The number of nitrogens with one attached hydrogen (secondary N) is 1. The average Bonchev–Trinajstić information content (AvgIpc) is 3.72. The SMILES string of the molecule is C[C@]1([C@@H]2CC[C@H]([C@@H]3CC#C[C@H](Cc4ccccc4)[C@@H](c4cccc5cocc45)CN=C(N)N3)C2)C[C@@H]2/C(=C\CO)C[C@@]3(CC[C@@H](CC[C@@]4(O)CCC[C@H](O)C4)C3)[C@@H]3O[C@]3(C)CC[C@H]21. The minimum atomic E-state index is -0.717. The van der Waals surface area contributed by atoms with E-state index in [4.69, 9.17) is 19.9 Å². The Balaban J connectivity index is 0.837. The van der Waals surface area contributed by atoms with Crippen LogP contribution in [0.4, 0.5) is 0 Å². The minimum absolute atomic E-state index is 0.0652. The van der Waals surface area contributed by atoms with Crippen LogP contribution in [0.2, 0.25) is 0 Å². The zero-order valence-electron chi connectivity index (χ0n) is 37.9. The molecule has 2 aromatic carbocycles. The number of guanidine groups is 1. The first-order valence-electron chi connectivity index (χ1n) is 24.9. The number of hydrogen-bond acceptors (Lipinski definition) is 8. The van der Waals surface area contributed by atoms with Crippen molar-refractivity contribution in [2.45, 2.75) is 165 Å². The lowest BCUT2D eigenvalue weighted by Crippen LogP contribution is -2.51. The number of nitrogens with zero attached hydrogens (tertiary/aromatic N) is 1. The number of aliphatic hydroxyl groups excluding tert-OH is 2. The summed E-state index contributed by atoms with van der Waals surface area (Å²) in [5.41, 5.74) is 10.4. The highest BCUT2D eigenvalue weighted by Gasteiger charge is 2.67. The molecule has 338 valence electrons. The summed E-state index contributed by atoms with van der Waals surface area (Å²) in [4.78, 5) is 5.07. The fourth-order valence-electron chi connectivity index (χ4n) is 15.0. The molecule has 8 nitrogen and oxygen atoms in total. The molecule has 1 aromatic heterocycles. The molecule has 5 aliphatic carbocycles. The molecule has 10 rings (SSSR count). The van der Waals surface area contributed by atoms with Gasteiger partial charge in [-0.1, -0.05) is 73.0 Å². The van der Waals surface area contributed by atoms with Crippen molar-refractivity contribution in [3.8, 4) is 11.8 Å². The number of epoxide rings is 1. The first kappa shape index (κ1) is 43.3. The van der Waals surface area contributed by atoms with Crippen LogP contribution >= 0.6 is 0 Å². The first-order chi connectivity index (χ1) is 30.5. The molecule has 14 atom stereocenters. The maximum Gasteiger partial charge on any atom is 0.188 e. The van der Waals surface area contributed by atoms with Crippen LogP contribution in [0.3, 0.4) is 0 Å². The van der Waals surface area contributed by atoms with E-state index in [9.17, 15) is 15.3 Å². The van der Waals surface area contributed by atoms with Gasteiger partial charge >= 0.3 is 0 Å². The molecule has 3 heterocycles. The summed E-state index contributed by atoms with van der Waals surface area (Å²) < 4.78 is 12.5. The molecule has 0 amide bonds. The molecule has 2 aliphatic heterocycles.